The molecule has 3 rings (SSSR count). The predicted molar refractivity (Wildman–Crippen MR) is 84.8 cm³/mol. The van der Waals surface area contributed by atoms with Crippen LogP contribution in [-0.2, 0) is 19.3 Å². The molecule has 0 saturated heterocycles. The molecule has 0 saturated carbocycles. The van der Waals surface area contributed by atoms with Gasteiger partial charge in [-0.05, 0) is 49.8 Å². The zero-order chi connectivity index (χ0) is 13.9. The van der Waals surface area contributed by atoms with E-state index in [9.17, 15) is 4.79 Å². The van der Waals surface area contributed by atoms with Crippen LogP contribution in [0.5, 0.6) is 0 Å². The van der Waals surface area contributed by atoms with Gasteiger partial charge >= 0.3 is 0 Å². The number of hydrogen-bond acceptors (Lipinski definition) is 2. The smallest absolute Gasteiger partial charge is 0.177 e. The summed E-state index contributed by atoms with van der Waals surface area (Å²) in [5, 5.41) is 0. The molecule has 1 aliphatic rings. The molecule has 0 aliphatic heterocycles. The molecule has 2 heteroatoms. The molecule has 0 spiro atoms. The van der Waals surface area contributed by atoms with E-state index in [1.165, 1.54) is 35.3 Å². The van der Waals surface area contributed by atoms with E-state index < -0.39 is 0 Å². The Hall–Kier alpha value is -1.41. The lowest BCUT2D eigenvalue weighted by atomic mass is 10.0. The minimum Gasteiger partial charge on any atom is -0.293 e. The van der Waals surface area contributed by atoms with Crippen molar-refractivity contribution in [2.75, 3.05) is 0 Å². The highest BCUT2D eigenvalue weighted by Crippen LogP contribution is 2.29. The Labute approximate surface area is 124 Å². The van der Waals surface area contributed by atoms with E-state index in [1.807, 2.05) is 12.1 Å². The van der Waals surface area contributed by atoms with Crippen molar-refractivity contribution in [2.45, 2.75) is 45.4 Å². The van der Waals surface area contributed by atoms with Gasteiger partial charge < -0.3 is 0 Å². The molecule has 0 atom stereocenters. The number of rotatable bonds is 3. The number of Topliss-reactive ketones (excluding diaryl/α,β-unsaturated/α-hetero) is 1. The standard InChI is InChI=1S/C18H20OS/c1-13-6-5-7-14(10-13)11-16(19)18-12-15-8-3-2-4-9-17(15)20-18/h5-7,10,12H,2-4,8-9,11H2,1H3. The van der Waals surface area contributed by atoms with Crippen molar-refractivity contribution in [2.24, 2.45) is 0 Å². The first-order valence-corrected chi connectivity index (χ1v) is 8.24. The molecular weight excluding hydrogens is 264 g/mol. The number of benzene rings is 1. The first kappa shape index (κ1) is 13.6. The van der Waals surface area contributed by atoms with Crippen LogP contribution in [0.4, 0.5) is 0 Å². The Morgan fingerprint density at radius 1 is 1.15 bits per heavy atom. The van der Waals surface area contributed by atoms with Gasteiger partial charge in [-0.25, -0.2) is 0 Å². The summed E-state index contributed by atoms with van der Waals surface area (Å²) < 4.78 is 0. The fraction of sp³-hybridized carbons (Fsp3) is 0.389. The van der Waals surface area contributed by atoms with Crippen molar-refractivity contribution in [3.05, 3.63) is 56.8 Å². The summed E-state index contributed by atoms with van der Waals surface area (Å²) >= 11 is 1.73. The Balaban J connectivity index is 1.77. The fourth-order valence-corrected chi connectivity index (χ4v) is 4.09. The number of carbonyl (C=O) groups is 1. The maximum atomic E-state index is 12.4. The van der Waals surface area contributed by atoms with E-state index in [-0.39, 0.29) is 5.78 Å². The molecule has 0 amide bonds. The lowest BCUT2D eigenvalue weighted by molar-refractivity contribution is 0.0997. The van der Waals surface area contributed by atoms with Crippen molar-refractivity contribution in [1.82, 2.24) is 0 Å². The molecule has 1 aromatic carbocycles. The second-order valence-corrected chi connectivity index (χ2v) is 6.85. The van der Waals surface area contributed by atoms with Crippen LogP contribution in [0.1, 0.15) is 50.5 Å². The molecule has 1 aliphatic carbocycles. The Kier molecular flexibility index (Phi) is 4.02. The highest BCUT2D eigenvalue weighted by atomic mass is 32.1. The van der Waals surface area contributed by atoms with Gasteiger partial charge in [-0.2, -0.15) is 0 Å². The highest BCUT2D eigenvalue weighted by Gasteiger charge is 2.16. The van der Waals surface area contributed by atoms with E-state index in [0.29, 0.717) is 6.42 Å². The Morgan fingerprint density at radius 2 is 2.00 bits per heavy atom. The summed E-state index contributed by atoms with van der Waals surface area (Å²) in [7, 11) is 0. The normalized spacial score (nSPS) is 14.7. The summed E-state index contributed by atoms with van der Waals surface area (Å²) in [5.41, 5.74) is 3.77. The monoisotopic (exact) mass is 284 g/mol. The second kappa shape index (κ2) is 5.92. The molecule has 1 nitrogen and oxygen atoms in total. The average molecular weight is 284 g/mol. The van der Waals surface area contributed by atoms with Crippen LogP contribution in [0, 0.1) is 6.92 Å². The molecule has 0 bridgehead atoms. The van der Waals surface area contributed by atoms with Crippen molar-refractivity contribution < 1.29 is 4.79 Å². The molecule has 2 aromatic rings. The van der Waals surface area contributed by atoms with E-state index in [0.717, 1.165) is 23.3 Å². The highest BCUT2D eigenvalue weighted by molar-refractivity contribution is 7.14. The predicted octanol–water partition coefficient (Wildman–Crippen LogP) is 4.75. The topological polar surface area (TPSA) is 17.1 Å². The minimum atomic E-state index is 0.272. The van der Waals surface area contributed by atoms with Crippen LogP contribution in [0.15, 0.2) is 30.3 Å². The third-order valence-corrected chi connectivity index (χ3v) is 5.25. The van der Waals surface area contributed by atoms with Crippen molar-refractivity contribution in [3.63, 3.8) is 0 Å². The lowest BCUT2D eigenvalue weighted by Gasteiger charge is -2.01. The molecule has 1 aromatic heterocycles. The Bertz CT molecular complexity index is 601. The molecular formula is C18H20OS. The van der Waals surface area contributed by atoms with Gasteiger partial charge in [0, 0.05) is 11.3 Å². The van der Waals surface area contributed by atoms with Crippen LogP contribution in [0.3, 0.4) is 0 Å². The van der Waals surface area contributed by atoms with Crippen molar-refractivity contribution >= 4 is 17.1 Å². The van der Waals surface area contributed by atoms with Gasteiger partial charge in [-0.1, -0.05) is 36.2 Å². The third kappa shape index (κ3) is 3.01. The zero-order valence-corrected chi connectivity index (χ0v) is 12.8. The number of thiophene rings is 1. The van der Waals surface area contributed by atoms with Gasteiger partial charge in [0.15, 0.2) is 5.78 Å². The molecule has 0 unspecified atom stereocenters. The van der Waals surface area contributed by atoms with Crippen LogP contribution in [0.25, 0.3) is 0 Å². The minimum absolute atomic E-state index is 0.272. The summed E-state index contributed by atoms with van der Waals surface area (Å²) in [6.07, 6.45) is 6.73. The van der Waals surface area contributed by atoms with E-state index >= 15 is 0 Å². The molecule has 104 valence electrons. The largest absolute Gasteiger partial charge is 0.293 e. The summed E-state index contributed by atoms with van der Waals surface area (Å²) in [5.74, 6) is 0.272. The Morgan fingerprint density at radius 3 is 2.85 bits per heavy atom. The first-order valence-electron chi connectivity index (χ1n) is 7.43. The van der Waals surface area contributed by atoms with Crippen LogP contribution < -0.4 is 0 Å². The van der Waals surface area contributed by atoms with Crippen LogP contribution >= 0.6 is 11.3 Å². The number of fused-ring (bicyclic) bond motifs is 1. The van der Waals surface area contributed by atoms with Gasteiger partial charge in [-0.15, -0.1) is 11.3 Å². The van der Waals surface area contributed by atoms with E-state index in [2.05, 4.69) is 25.1 Å². The number of aryl methyl sites for hydroxylation is 3. The zero-order valence-electron chi connectivity index (χ0n) is 11.9. The maximum Gasteiger partial charge on any atom is 0.177 e. The quantitative estimate of drug-likeness (QED) is 0.587. The second-order valence-electron chi connectivity index (χ2n) is 5.71. The summed E-state index contributed by atoms with van der Waals surface area (Å²) in [6.45, 7) is 2.07. The number of carbonyl (C=O) groups excluding carboxylic acids is 1. The van der Waals surface area contributed by atoms with Gasteiger partial charge in [0.25, 0.3) is 0 Å². The molecule has 0 radical (unpaired) electrons. The van der Waals surface area contributed by atoms with Gasteiger partial charge in [0.05, 0.1) is 4.88 Å². The van der Waals surface area contributed by atoms with Crippen LogP contribution in [-0.4, -0.2) is 5.78 Å². The van der Waals surface area contributed by atoms with E-state index in [1.54, 1.807) is 11.3 Å². The molecule has 1 heterocycles. The third-order valence-electron chi connectivity index (χ3n) is 3.97. The van der Waals surface area contributed by atoms with Gasteiger partial charge in [-0.3, -0.25) is 4.79 Å². The first-order chi connectivity index (χ1) is 9.72. The van der Waals surface area contributed by atoms with Crippen molar-refractivity contribution in [1.29, 1.82) is 0 Å². The van der Waals surface area contributed by atoms with Gasteiger partial charge in [0.2, 0.25) is 0 Å². The number of ketones is 1. The van der Waals surface area contributed by atoms with Gasteiger partial charge in [0.1, 0.15) is 0 Å². The van der Waals surface area contributed by atoms with E-state index in [4.69, 9.17) is 0 Å². The fourth-order valence-electron chi connectivity index (χ4n) is 2.90. The van der Waals surface area contributed by atoms with Crippen LogP contribution in [0.2, 0.25) is 0 Å². The average Bonchev–Trinajstić information content (AvgIpc) is 2.70. The summed E-state index contributed by atoms with van der Waals surface area (Å²) in [6, 6.07) is 10.4. The lowest BCUT2D eigenvalue weighted by Crippen LogP contribution is -2.01. The molecule has 0 N–H and O–H groups in total. The summed E-state index contributed by atoms with van der Waals surface area (Å²) in [4.78, 5) is 14.9. The molecule has 0 fully saturated rings. The maximum absolute atomic E-state index is 12.4. The molecule has 20 heavy (non-hydrogen) atoms. The van der Waals surface area contributed by atoms with Crippen molar-refractivity contribution in [3.8, 4) is 0 Å². The number of hydrogen-bond donors (Lipinski definition) is 0. The SMILES string of the molecule is Cc1cccc(CC(=O)c2cc3c(s2)CCCCC3)c1.